The van der Waals surface area contributed by atoms with Crippen LogP contribution >= 0.6 is 0 Å². The summed E-state index contributed by atoms with van der Waals surface area (Å²) in [6.07, 6.45) is 0. The van der Waals surface area contributed by atoms with Crippen LogP contribution in [-0.4, -0.2) is 16.7 Å². The lowest BCUT2D eigenvalue weighted by atomic mass is 9.98. The molecule has 0 heterocycles. The molecule has 3 nitrogen and oxygen atoms in total. The van der Waals surface area contributed by atoms with Crippen molar-refractivity contribution < 1.29 is 14.6 Å². The summed E-state index contributed by atoms with van der Waals surface area (Å²) < 4.78 is 5.48. The average molecular weight is 236 g/mol. The van der Waals surface area contributed by atoms with Gasteiger partial charge < -0.3 is 9.84 Å². The zero-order valence-corrected chi connectivity index (χ0v) is 11.1. The van der Waals surface area contributed by atoms with E-state index >= 15 is 0 Å². The molecule has 0 saturated carbocycles. The van der Waals surface area contributed by atoms with Crippen LogP contribution in [0, 0.1) is 6.92 Å². The van der Waals surface area contributed by atoms with Crippen LogP contribution in [0.2, 0.25) is 0 Å². The van der Waals surface area contributed by atoms with Crippen molar-refractivity contribution in [3.05, 3.63) is 29.3 Å². The molecule has 1 aromatic carbocycles. The smallest absolute Gasteiger partial charge is 0.347 e. The Kier molecular flexibility index (Phi) is 3.81. The van der Waals surface area contributed by atoms with Gasteiger partial charge in [-0.05, 0) is 49.9 Å². The van der Waals surface area contributed by atoms with Gasteiger partial charge in [0.05, 0.1) is 0 Å². The third-order valence-electron chi connectivity index (χ3n) is 2.75. The lowest BCUT2D eigenvalue weighted by Gasteiger charge is -2.22. The number of ether oxygens (including phenoxy) is 1. The molecular formula is C14H20O3. The average Bonchev–Trinajstić information content (AvgIpc) is 2.15. The Balaban J connectivity index is 2.96. The van der Waals surface area contributed by atoms with Crippen molar-refractivity contribution in [2.24, 2.45) is 0 Å². The predicted molar refractivity (Wildman–Crippen MR) is 67.6 cm³/mol. The van der Waals surface area contributed by atoms with E-state index in [0.717, 1.165) is 5.56 Å². The molecule has 0 aromatic heterocycles. The molecule has 0 bridgehead atoms. The van der Waals surface area contributed by atoms with Crippen molar-refractivity contribution in [3.63, 3.8) is 0 Å². The van der Waals surface area contributed by atoms with E-state index in [1.54, 1.807) is 13.8 Å². The van der Waals surface area contributed by atoms with Crippen molar-refractivity contribution in [3.8, 4) is 5.75 Å². The van der Waals surface area contributed by atoms with Crippen molar-refractivity contribution in [2.75, 3.05) is 0 Å². The van der Waals surface area contributed by atoms with Gasteiger partial charge in [0.1, 0.15) is 5.75 Å². The number of aliphatic carboxylic acids is 1. The molecule has 1 N–H and O–H groups in total. The number of aryl methyl sites for hydroxylation is 1. The van der Waals surface area contributed by atoms with Gasteiger partial charge in [-0.2, -0.15) is 0 Å². The second-order valence-corrected chi connectivity index (χ2v) is 5.09. The molecule has 0 saturated heterocycles. The zero-order valence-electron chi connectivity index (χ0n) is 11.1. The summed E-state index contributed by atoms with van der Waals surface area (Å²) in [5, 5.41) is 8.99. The van der Waals surface area contributed by atoms with Gasteiger partial charge >= 0.3 is 5.97 Å². The molecule has 1 rings (SSSR count). The first-order valence-electron chi connectivity index (χ1n) is 5.77. The first-order valence-corrected chi connectivity index (χ1v) is 5.77. The van der Waals surface area contributed by atoms with E-state index in [1.807, 2.05) is 25.1 Å². The van der Waals surface area contributed by atoms with E-state index in [1.165, 1.54) is 5.56 Å². The molecule has 0 unspecified atom stereocenters. The lowest BCUT2D eigenvalue weighted by Crippen LogP contribution is -2.37. The Morgan fingerprint density at radius 1 is 1.35 bits per heavy atom. The van der Waals surface area contributed by atoms with Gasteiger partial charge in [0, 0.05) is 0 Å². The summed E-state index contributed by atoms with van der Waals surface area (Å²) >= 11 is 0. The second-order valence-electron chi connectivity index (χ2n) is 5.09. The van der Waals surface area contributed by atoms with Gasteiger partial charge in [0.25, 0.3) is 0 Å². The van der Waals surface area contributed by atoms with Crippen molar-refractivity contribution in [1.82, 2.24) is 0 Å². The van der Waals surface area contributed by atoms with E-state index in [2.05, 4.69) is 13.8 Å². The summed E-state index contributed by atoms with van der Waals surface area (Å²) in [5.41, 5.74) is 1.18. The predicted octanol–water partition coefficient (Wildman–Crippen LogP) is 3.36. The summed E-state index contributed by atoms with van der Waals surface area (Å²) in [5.74, 6) is 0.0823. The van der Waals surface area contributed by atoms with Crippen molar-refractivity contribution in [1.29, 1.82) is 0 Å². The maximum Gasteiger partial charge on any atom is 0.347 e. The minimum absolute atomic E-state index is 0.455. The number of hydrogen-bond acceptors (Lipinski definition) is 2. The molecule has 0 amide bonds. The normalized spacial score (nSPS) is 11.6. The van der Waals surface area contributed by atoms with Crippen LogP contribution in [-0.2, 0) is 4.79 Å². The van der Waals surface area contributed by atoms with Gasteiger partial charge in [0.2, 0.25) is 0 Å². The Labute approximate surface area is 102 Å². The van der Waals surface area contributed by atoms with Gasteiger partial charge in [-0.3, -0.25) is 0 Å². The highest BCUT2D eigenvalue weighted by molar-refractivity contribution is 5.76. The monoisotopic (exact) mass is 236 g/mol. The Morgan fingerprint density at radius 2 is 1.94 bits per heavy atom. The molecule has 3 heteroatoms. The Bertz CT molecular complexity index is 419. The topological polar surface area (TPSA) is 46.5 Å². The summed E-state index contributed by atoms with van der Waals surface area (Å²) in [6.45, 7) is 9.35. The largest absolute Gasteiger partial charge is 0.478 e. The molecule has 17 heavy (non-hydrogen) atoms. The van der Waals surface area contributed by atoms with Gasteiger partial charge in [-0.15, -0.1) is 0 Å². The van der Waals surface area contributed by atoms with Crippen LogP contribution in [0.25, 0.3) is 0 Å². The first-order chi connectivity index (χ1) is 7.74. The zero-order chi connectivity index (χ0) is 13.2. The molecule has 0 aliphatic carbocycles. The van der Waals surface area contributed by atoms with Gasteiger partial charge in [-0.1, -0.05) is 19.9 Å². The van der Waals surface area contributed by atoms with Crippen molar-refractivity contribution >= 4 is 5.97 Å². The molecule has 0 fully saturated rings. The second kappa shape index (κ2) is 4.78. The van der Waals surface area contributed by atoms with Gasteiger partial charge in [0.15, 0.2) is 5.60 Å². The maximum absolute atomic E-state index is 11.0. The summed E-state index contributed by atoms with van der Waals surface area (Å²) in [7, 11) is 0. The molecule has 0 atom stereocenters. The molecule has 0 spiro atoms. The minimum Gasteiger partial charge on any atom is -0.478 e. The van der Waals surface area contributed by atoms with Gasteiger partial charge in [-0.25, -0.2) is 4.79 Å². The van der Waals surface area contributed by atoms with Crippen molar-refractivity contribution in [2.45, 2.75) is 46.1 Å². The quantitative estimate of drug-likeness (QED) is 0.872. The summed E-state index contributed by atoms with van der Waals surface area (Å²) in [6, 6.07) is 5.71. The van der Waals surface area contributed by atoms with Crippen LogP contribution < -0.4 is 4.74 Å². The minimum atomic E-state index is -1.20. The summed E-state index contributed by atoms with van der Waals surface area (Å²) in [4.78, 5) is 11.0. The van der Waals surface area contributed by atoms with Crippen LogP contribution in [0.1, 0.15) is 44.7 Å². The fourth-order valence-corrected chi connectivity index (χ4v) is 1.70. The fourth-order valence-electron chi connectivity index (χ4n) is 1.70. The number of carboxylic acids is 1. The number of hydrogen-bond donors (Lipinski definition) is 1. The van der Waals surface area contributed by atoms with Crippen LogP contribution in [0.15, 0.2) is 18.2 Å². The Hall–Kier alpha value is -1.51. The maximum atomic E-state index is 11.0. The van der Waals surface area contributed by atoms with E-state index in [4.69, 9.17) is 9.84 Å². The van der Waals surface area contributed by atoms with E-state index < -0.39 is 11.6 Å². The first kappa shape index (κ1) is 13.6. The van der Waals surface area contributed by atoms with E-state index in [0.29, 0.717) is 11.7 Å². The fraction of sp³-hybridized carbons (Fsp3) is 0.500. The highest BCUT2D eigenvalue weighted by Crippen LogP contribution is 2.25. The van der Waals surface area contributed by atoms with Crippen LogP contribution in [0.5, 0.6) is 5.75 Å². The number of carboxylic acid groups (broad SMARTS) is 1. The number of carbonyl (C=O) groups is 1. The third-order valence-corrected chi connectivity index (χ3v) is 2.75. The number of rotatable bonds is 4. The third kappa shape index (κ3) is 3.22. The SMILES string of the molecule is Cc1cc(OC(C)(C)C(=O)O)ccc1C(C)C. The standard InChI is InChI=1S/C14H20O3/c1-9(2)12-7-6-11(8-10(12)3)17-14(4,5)13(15)16/h6-9H,1-5H3,(H,15,16). The Morgan fingerprint density at radius 3 is 2.35 bits per heavy atom. The van der Waals surface area contributed by atoms with Crippen LogP contribution in [0.4, 0.5) is 0 Å². The molecule has 0 aliphatic heterocycles. The van der Waals surface area contributed by atoms with E-state index in [-0.39, 0.29) is 0 Å². The van der Waals surface area contributed by atoms with Crippen LogP contribution in [0.3, 0.4) is 0 Å². The molecule has 0 radical (unpaired) electrons. The molecule has 1 aromatic rings. The number of benzene rings is 1. The highest BCUT2D eigenvalue weighted by atomic mass is 16.5. The van der Waals surface area contributed by atoms with E-state index in [9.17, 15) is 4.79 Å². The lowest BCUT2D eigenvalue weighted by molar-refractivity contribution is -0.152. The molecule has 94 valence electrons. The molecule has 0 aliphatic rings. The molecular weight excluding hydrogens is 216 g/mol. The highest BCUT2D eigenvalue weighted by Gasteiger charge is 2.29.